The first kappa shape index (κ1) is 15.2. The maximum absolute atomic E-state index is 12.6. The van der Waals surface area contributed by atoms with Crippen molar-refractivity contribution in [3.63, 3.8) is 0 Å². The van der Waals surface area contributed by atoms with Gasteiger partial charge in [0.05, 0.1) is 11.5 Å². The number of aryl methyl sites for hydroxylation is 1. The number of rotatable bonds is 4. The van der Waals surface area contributed by atoms with Crippen molar-refractivity contribution in [3.8, 4) is 0 Å². The van der Waals surface area contributed by atoms with Gasteiger partial charge in [-0.3, -0.25) is 4.79 Å². The van der Waals surface area contributed by atoms with E-state index >= 15 is 0 Å². The molecule has 1 aliphatic carbocycles. The molecule has 0 bridgehead atoms. The summed E-state index contributed by atoms with van der Waals surface area (Å²) in [4.78, 5) is 11.7. The number of nitrogens with one attached hydrogen (secondary N) is 1. The van der Waals surface area contributed by atoms with Gasteiger partial charge in [0, 0.05) is 13.0 Å². The first-order valence-electron chi connectivity index (χ1n) is 7.07. The third-order valence-corrected chi connectivity index (χ3v) is 5.79. The fraction of sp³-hybridized carbons (Fsp3) is 0.400. The molecular formula is C15H17NO5S. The summed E-state index contributed by atoms with van der Waals surface area (Å²) >= 11 is 0. The van der Waals surface area contributed by atoms with Gasteiger partial charge in [-0.2, -0.15) is 4.72 Å². The molecule has 0 saturated carbocycles. The molecule has 1 heterocycles. The van der Waals surface area contributed by atoms with Crippen molar-refractivity contribution < 1.29 is 23.1 Å². The molecule has 0 radical (unpaired) electrons. The Hall–Kier alpha value is -1.70. The van der Waals surface area contributed by atoms with E-state index in [0.29, 0.717) is 12.8 Å². The molecule has 6 nitrogen and oxygen atoms in total. The number of carboxylic acid groups (broad SMARTS) is 1. The Morgan fingerprint density at radius 2 is 2.05 bits per heavy atom. The lowest BCUT2D eigenvalue weighted by molar-refractivity contribution is -0.144. The van der Waals surface area contributed by atoms with Gasteiger partial charge in [-0.25, -0.2) is 8.42 Å². The molecule has 0 aromatic heterocycles. The molecule has 1 unspecified atom stereocenters. The Balaban J connectivity index is 1.91. The number of hydrogen-bond donors (Lipinski definition) is 2. The van der Waals surface area contributed by atoms with E-state index in [0.717, 1.165) is 11.1 Å². The van der Waals surface area contributed by atoms with Gasteiger partial charge in [-0.15, -0.1) is 0 Å². The van der Waals surface area contributed by atoms with Crippen molar-refractivity contribution in [3.05, 3.63) is 40.3 Å². The third-order valence-electron chi connectivity index (χ3n) is 4.12. The van der Waals surface area contributed by atoms with Crippen LogP contribution in [0.25, 0.3) is 6.08 Å². The lowest BCUT2D eigenvalue weighted by Crippen LogP contribution is -2.55. The lowest BCUT2D eigenvalue weighted by Gasteiger charge is -2.25. The molecule has 0 spiro atoms. The van der Waals surface area contributed by atoms with Crippen LogP contribution >= 0.6 is 0 Å². The van der Waals surface area contributed by atoms with Crippen LogP contribution in [0.5, 0.6) is 0 Å². The molecule has 1 aromatic carbocycles. The van der Waals surface area contributed by atoms with Crippen LogP contribution in [-0.4, -0.2) is 38.2 Å². The monoisotopic (exact) mass is 323 g/mol. The molecule has 2 aliphatic rings. The summed E-state index contributed by atoms with van der Waals surface area (Å²) in [5, 5.41) is 9.36. The molecule has 118 valence electrons. The Kier molecular flexibility index (Phi) is 3.80. The second-order valence-electron chi connectivity index (χ2n) is 5.60. The van der Waals surface area contributed by atoms with Crippen LogP contribution in [0.15, 0.2) is 29.2 Å². The van der Waals surface area contributed by atoms with Gasteiger partial charge in [-0.1, -0.05) is 24.3 Å². The highest BCUT2D eigenvalue weighted by Gasteiger charge is 2.46. The van der Waals surface area contributed by atoms with Crippen molar-refractivity contribution in [2.24, 2.45) is 0 Å². The van der Waals surface area contributed by atoms with Crippen LogP contribution in [0.4, 0.5) is 0 Å². The third kappa shape index (κ3) is 2.67. The maximum atomic E-state index is 12.6. The minimum absolute atomic E-state index is 0.130. The van der Waals surface area contributed by atoms with Gasteiger partial charge in [0.2, 0.25) is 10.0 Å². The van der Waals surface area contributed by atoms with Crippen molar-refractivity contribution >= 4 is 22.1 Å². The number of hydrogen-bond acceptors (Lipinski definition) is 4. The van der Waals surface area contributed by atoms with E-state index in [1.807, 2.05) is 24.3 Å². The summed E-state index contributed by atoms with van der Waals surface area (Å²) in [6.07, 6.45) is 2.74. The van der Waals surface area contributed by atoms with Crippen molar-refractivity contribution in [1.82, 2.24) is 4.72 Å². The van der Waals surface area contributed by atoms with Crippen molar-refractivity contribution in [2.45, 2.75) is 24.8 Å². The highest BCUT2D eigenvalue weighted by molar-refractivity contribution is 7.93. The minimum Gasteiger partial charge on any atom is -0.480 e. The Morgan fingerprint density at radius 3 is 2.73 bits per heavy atom. The van der Waals surface area contributed by atoms with E-state index in [4.69, 9.17) is 4.74 Å². The summed E-state index contributed by atoms with van der Waals surface area (Å²) in [5.74, 6) is -1.20. The number of sulfonamides is 1. The first-order chi connectivity index (χ1) is 10.4. The molecule has 1 atom stereocenters. The molecule has 1 aromatic rings. The molecule has 0 amide bonds. The predicted molar refractivity (Wildman–Crippen MR) is 80.6 cm³/mol. The highest BCUT2D eigenvalue weighted by Crippen LogP contribution is 2.29. The van der Waals surface area contributed by atoms with Crippen LogP contribution in [0.2, 0.25) is 0 Å². The van der Waals surface area contributed by atoms with Gasteiger partial charge in [0.1, 0.15) is 0 Å². The average molecular weight is 323 g/mol. The fourth-order valence-corrected chi connectivity index (χ4v) is 4.35. The SMILES string of the molecule is O=C(O)C1(NS(=O)(=O)C2=Cc3ccccc3CC2)CCOC1. The lowest BCUT2D eigenvalue weighted by atomic mass is 9.98. The molecule has 1 saturated heterocycles. The number of allylic oxidation sites excluding steroid dienone is 1. The van der Waals surface area contributed by atoms with E-state index in [9.17, 15) is 18.3 Å². The average Bonchev–Trinajstić information content (AvgIpc) is 2.96. The summed E-state index contributed by atoms with van der Waals surface area (Å²) in [7, 11) is -3.86. The van der Waals surface area contributed by atoms with Crippen LogP contribution in [0, 0.1) is 0 Å². The van der Waals surface area contributed by atoms with E-state index in [2.05, 4.69) is 4.72 Å². The van der Waals surface area contributed by atoms with Gasteiger partial charge >= 0.3 is 5.97 Å². The number of fused-ring (bicyclic) bond motifs is 1. The minimum atomic E-state index is -3.86. The van der Waals surface area contributed by atoms with E-state index in [1.165, 1.54) is 0 Å². The fourth-order valence-electron chi connectivity index (χ4n) is 2.80. The number of ether oxygens (including phenoxy) is 1. The van der Waals surface area contributed by atoms with Gasteiger partial charge < -0.3 is 9.84 Å². The van der Waals surface area contributed by atoms with Gasteiger partial charge in [-0.05, 0) is 30.0 Å². The summed E-state index contributed by atoms with van der Waals surface area (Å²) in [5.41, 5.74) is 0.399. The molecule has 7 heteroatoms. The number of carbonyl (C=O) groups is 1. The van der Waals surface area contributed by atoms with Gasteiger partial charge in [0.15, 0.2) is 5.54 Å². The predicted octanol–water partition coefficient (Wildman–Crippen LogP) is 1.14. The Labute approximate surface area is 128 Å². The second kappa shape index (κ2) is 5.49. The number of aliphatic carboxylic acids is 1. The zero-order valence-corrected chi connectivity index (χ0v) is 12.7. The summed E-state index contributed by atoms with van der Waals surface area (Å²) in [6, 6.07) is 7.59. The standard InChI is InChI=1S/C15H17NO5S/c17-14(18)15(7-8-21-10-15)16-22(19,20)13-6-5-11-3-1-2-4-12(11)9-13/h1-4,9,16H,5-8,10H2,(H,17,18). The molecule has 3 rings (SSSR count). The van der Waals surface area contributed by atoms with Crippen LogP contribution in [0.1, 0.15) is 24.0 Å². The van der Waals surface area contributed by atoms with Crippen molar-refractivity contribution in [1.29, 1.82) is 0 Å². The molecule has 1 aliphatic heterocycles. The normalized spacial score (nSPS) is 24.6. The summed E-state index contributed by atoms with van der Waals surface area (Å²) in [6.45, 7) is 0.0854. The zero-order chi connectivity index (χ0) is 15.8. The van der Waals surface area contributed by atoms with Crippen molar-refractivity contribution in [2.75, 3.05) is 13.2 Å². The number of benzene rings is 1. The first-order valence-corrected chi connectivity index (χ1v) is 8.55. The van der Waals surface area contributed by atoms with E-state index in [-0.39, 0.29) is 24.5 Å². The van der Waals surface area contributed by atoms with Crippen LogP contribution in [-0.2, 0) is 26.0 Å². The summed E-state index contributed by atoms with van der Waals surface area (Å²) < 4.78 is 32.6. The highest BCUT2D eigenvalue weighted by atomic mass is 32.2. The Morgan fingerprint density at radius 1 is 1.27 bits per heavy atom. The van der Waals surface area contributed by atoms with Crippen LogP contribution in [0.3, 0.4) is 0 Å². The van der Waals surface area contributed by atoms with E-state index in [1.54, 1.807) is 6.08 Å². The molecule has 2 N–H and O–H groups in total. The van der Waals surface area contributed by atoms with E-state index < -0.39 is 21.5 Å². The Bertz CT molecular complexity index is 732. The second-order valence-corrected chi connectivity index (χ2v) is 7.34. The molecule has 22 heavy (non-hydrogen) atoms. The topological polar surface area (TPSA) is 92.7 Å². The maximum Gasteiger partial charge on any atom is 0.327 e. The quantitative estimate of drug-likeness (QED) is 0.867. The number of carboxylic acids is 1. The molecular weight excluding hydrogens is 306 g/mol. The van der Waals surface area contributed by atoms with Gasteiger partial charge in [0.25, 0.3) is 0 Å². The van der Waals surface area contributed by atoms with Crippen LogP contribution < -0.4 is 4.72 Å². The largest absolute Gasteiger partial charge is 0.480 e. The molecule has 1 fully saturated rings. The smallest absolute Gasteiger partial charge is 0.327 e. The zero-order valence-electron chi connectivity index (χ0n) is 11.9.